The molecule has 1 heterocycles. The number of hydrogen-bond donors (Lipinski definition) is 2. The molecule has 1 aliphatic rings. The lowest BCUT2D eigenvalue weighted by Gasteiger charge is -2.30. The van der Waals surface area contributed by atoms with Crippen molar-refractivity contribution in [2.45, 2.75) is 0 Å². The van der Waals surface area contributed by atoms with Gasteiger partial charge in [-0.3, -0.25) is 4.79 Å². The Bertz CT molecular complexity index is 715. The molecule has 0 atom stereocenters. The molecule has 120 valence electrons. The minimum atomic E-state index is -0.553. The molecule has 1 aliphatic heterocycles. The first-order valence-electron chi connectivity index (χ1n) is 7.43. The van der Waals surface area contributed by atoms with Crippen LogP contribution in [0.5, 0.6) is 0 Å². The molecule has 0 radical (unpaired) electrons. The second kappa shape index (κ2) is 6.66. The van der Waals surface area contributed by atoms with Crippen LogP contribution >= 0.6 is 0 Å². The summed E-state index contributed by atoms with van der Waals surface area (Å²) in [4.78, 5) is 14.3. The van der Waals surface area contributed by atoms with Crippen molar-refractivity contribution in [2.75, 3.05) is 42.3 Å². The Labute approximate surface area is 133 Å². The molecular formula is C17H18FN3O2. The normalized spacial score (nSPS) is 14.6. The van der Waals surface area contributed by atoms with Gasteiger partial charge in [-0.05, 0) is 30.3 Å². The summed E-state index contributed by atoms with van der Waals surface area (Å²) in [5.74, 6) is -1.05. The zero-order valence-corrected chi connectivity index (χ0v) is 12.6. The Kier molecular flexibility index (Phi) is 4.43. The summed E-state index contributed by atoms with van der Waals surface area (Å²) in [7, 11) is 0. The number of halogens is 1. The lowest BCUT2D eigenvalue weighted by molar-refractivity contribution is 0.102. The third-order valence-electron chi connectivity index (χ3n) is 3.76. The van der Waals surface area contributed by atoms with Gasteiger partial charge in [-0.2, -0.15) is 0 Å². The van der Waals surface area contributed by atoms with Crippen LogP contribution in [-0.4, -0.2) is 32.2 Å². The predicted molar refractivity (Wildman–Crippen MR) is 88.2 cm³/mol. The van der Waals surface area contributed by atoms with Gasteiger partial charge in [-0.25, -0.2) is 4.39 Å². The first kappa shape index (κ1) is 15.3. The second-order valence-electron chi connectivity index (χ2n) is 5.31. The van der Waals surface area contributed by atoms with Gasteiger partial charge in [0.15, 0.2) is 0 Å². The van der Waals surface area contributed by atoms with Crippen molar-refractivity contribution in [3.63, 3.8) is 0 Å². The third-order valence-corrected chi connectivity index (χ3v) is 3.76. The molecule has 3 rings (SSSR count). The van der Waals surface area contributed by atoms with Crippen LogP contribution in [0.1, 0.15) is 10.4 Å². The number of hydrogen-bond acceptors (Lipinski definition) is 4. The number of anilines is 3. The highest BCUT2D eigenvalue weighted by atomic mass is 19.1. The van der Waals surface area contributed by atoms with Crippen molar-refractivity contribution in [3.05, 3.63) is 53.8 Å². The first-order chi connectivity index (χ1) is 11.1. The SMILES string of the molecule is Nc1cc(NC(=O)c2ccccc2F)ccc1N1CCOCC1. The van der Waals surface area contributed by atoms with E-state index in [1.54, 1.807) is 24.3 Å². The fraction of sp³-hybridized carbons (Fsp3) is 0.235. The fourth-order valence-corrected chi connectivity index (χ4v) is 2.57. The number of nitrogens with zero attached hydrogens (tertiary/aromatic N) is 1. The topological polar surface area (TPSA) is 67.6 Å². The number of rotatable bonds is 3. The minimum Gasteiger partial charge on any atom is -0.397 e. The van der Waals surface area contributed by atoms with Crippen molar-refractivity contribution in [1.82, 2.24) is 0 Å². The van der Waals surface area contributed by atoms with Gasteiger partial charge in [0.25, 0.3) is 5.91 Å². The summed E-state index contributed by atoms with van der Waals surface area (Å²) >= 11 is 0. The van der Waals surface area contributed by atoms with Crippen LogP contribution in [0.25, 0.3) is 0 Å². The molecule has 0 unspecified atom stereocenters. The molecule has 0 spiro atoms. The highest BCUT2D eigenvalue weighted by Crippen LogP contribution is 2.27. The molecule has 0 bridgehead atoms. The maximum Gasteiger partial charge on any atom is 0.258 e. The van der Waals surface area contributed by atoms with Gasteiger partial charge >= 0.3 is 0 Å². The van der Waals surface area contributed by atoms with Gasteiger partial charge in [-0.15, -0.1) is 0 Å². The number of amides is 1. The zero-order chi connectivity index (χ0) is 16.2. The number of carbonyl (C=O) groups excluding carboxylic acids is 1. The molecule has 0 aliphatic carbocycles. The summed E-state index contributed by atoms with van der Waals surface area (Å²) in [5, 5.41) is 2.67. The molecular weight excluding hydrogens is 297 g/mol. The lowest BCUT2D eigenvalue weighted by Crippen LogP contribution is -2.36. The molecule has 23 heavy (non-hydrogen) atoms. The van der Waals surface area contributed by atoms with Crippen LogP contribution in [0.15, 0.2) is 42.5 Å². The standard InChI is InChI=1S/C17H18FN3O2/c18-14-4-2-1-3-13(14)17(22)20-12-5-6-16(15(19)11-12)21-7-9-23-10-8-21/h1-6,11H,7-10,19H2,(H,20,22). The minimum absolute atomic E-state index is 0.00308. The Morgan fingerprint density at radius 3 is 2.61 bits per heavy atom. The summed E-state index contributed by atoms with van der Waals surface area (Å²) in [6, 6.07) is 11.2. The number of nitrogens with one attached hydrogen (secondary N) is 1. The largest absolute Gasteiger partial charge is 0.397 e. The van der Waals surface area contributed by atoms with E-state index >= 15 is 0 Å². The highest BCUT2D eigenvalue weighted by molar-refractivity contribution is 6.04. The smallest absolute Gasteiger partial charge is 0.258 e. The Morgan fingerprint density at radius 2 is 1.91 bits per heavy atom. The van der Waals surface area contributed by atoms with Gasteiger partial charge in [-0.1, -0.05) is 12.1 Å². The number of nitrogens with two attached hydrogens (primary N) is 1. The third kappa shape index (κ3) is 3.43. The van der Waals surface area contributed by atoms with E-state index < -0.39 is 11.7 Å². The van der Waals surface area contributed by atoms with Gasteiger partial charge in [0.05, 0.1) is 30.2 Å². The van der Waals surface area contributed by atoms with Crippen LogP contribution in [0.4, 0.5) is 21.5 Å². The number of nitrogen functional groups attached to an aromatic ring is 1. The highest BCUT2D eigenvalue weighted by Gasteiger charge is 2.15. The average Bonchev–Trinajstić information content (AvgIpc) is 2.56. The summed E-state index contributed by atoms with van der Waals surface area (Å²) in [6.07, 6.45) is 0. The molecule has 1 fully saturated rings. The number of carbonyl (C=O) groups is 1. The van der Waals surface area contributed by atoms with Crippen molar-refractivity contribution < 1.29 is 13.9 Å². The van der Waals surface area contributed by atoms with Crippen molar-refractivity contribution >= 4 is 23.0 Å². The van der Waals surface area contributed by atoms with Gasteiger partial charge in [0.2, 0.25) is 0 Å². The van der Waals surface area contributed by atoms with Gasteiger partial charge in [0.1, 0.15) is 5.82 Å². The molecule has 3 N–H and O–H groups in total. The predicted octanol–water partition coefficient (Wildman–Crippen LogP) is 2.50. The van der Waals surface area contributed by atoms with E-state index in [2.05, 4.69) is 10.2 Å². The maximum atomic E-state index is 13.6. The molecule has 5 nitrogen and oxygen atoms in total. The van der Waals surface area contributed by atoms with Gasteiger partial charge < -0.3 is 20.7 Å². The van der Waals surface area contributed by atoms with Crippen LogP contribution in [0.3, 0.4) is 0 Å². The molecule has 6 heteroatoms. The van der Waals surface area contributed by atoms with E-state index in [1.807, 2.05) is 6.07 Å². The molecule has 1 saturated heterocycles. The van der Waals surface area contributed by atoms with E-state index in [9.17, 15) is 9.18 Å². The van der Waals surface area contributed by atoms with Crippen molar-refractivity contribution in [1.29, 1.82) is 0 Å². The Balaban J connectivity index is 1.75. The van der Waals surface area contributed by atoms with Crippen LogP contribution in [0, 0.1) is 5.82 Å². The Morgan fingerprint density at radius 1 is 1.17 bits per heavy atom. The van der Waals surface area contributed by atoms with Crippen molar-refractivity contribution in [2.24, 2.45) is 0 Å². The number of morpholine rings is 1. The molecule has 0 saturated carbocycles. The summed E-state index contributed by atoms with van der Waals surface area (Å²) in [6.45, 7) is 2.91. The van der Waals surface area contributed by atoms with Crippen LogP contribution in [-0.2, 0) is 4.74 Å². The van der Waals surface area contributed by atoms with E-state index in [-0.39, 0.29) is 5.56 Å². The molecule has 2 aromatic carbocycles. The summed E-state index contributed by atoms with van der Waals surface area (Å²) in [5.41, 5.74) is 8.11. The van der Waals surface area contributed by atoms with E-state index in [0.717, 1.165) is 18.8 Å². The number of ether oxygens (including phenoxy) is 1. The summed E-state index contributed by atoms with van der Waals surface area (Å²) < 4.78 is 18.9. The zero-order valence-electron chi connectivity index (χ0n) is 12.6. The van der Waals surface area contributed by atoms with E-state index in [1.165, 1.54) is 12.1 Å². The average molecular weight is 315 g/mol. The fourth-order valence-electron chi connectivity index (χ4n) is 2.57. The molecule has 0 aromatic heterocycles. The number of benzene rings is 2. The van der Waals surface area contributed by atoms with Crippen molar-refractivity contribution in [3.8, 4) is 0 Å². The van der Waals surface area contributed by atoms with Crippen LogP contribution in [0.2, 0.25) is 0 Å². The first-order valence-corrected chi connectivity index (χ1v) is 7.43. The second-order valence-corrected chi connectivity index (χ2v) is 5.31. The van der Waals surface area contributed by atoms with E-state index in [4.69, 9.17) is 10.5 Å². The van der Waals surface area contributed by atoms with Gasteiger partial charge in [0, 0.05) is 18.8 Å². The molecule has 2 aromatic rings. The lowest BCUT2D eigenvalue weighted by atomic mass is 10.1. The maximum absolute atomic E-state index is 13.6. The van der Waals surface area contributed by atoms with Crippen LogP contribution < -0.4 is 16.0 Å². The monoisotopic (exact) mass is 315 g/mol. The Hall–Kier alpha value is -2.60. The molecule has 1 amide bonds. The van der Waals surface area contributed by atoms with E-state index in [0.29, 0.717) is 24.6 Å². The quantitative estimate of drug-likeness (QED) is 0.854.